The van der Waals surface area contributed by atoms with E-state index < -0.39 is 5.97 Å². The van der Waals surface area contributed by atoms with Crippen molar-refractivity contribution in [1.82, 2.24) is 9.80 Å². The van der Waals surface area contributed by atoms with Crippen molar-refractivity contribution in [3.8, 4) is 17.6 Å². The third-order valence-corrected chi connectivity index (χ3v) is 7.67. The molecule has 2 aliphatic rings. The first-order chi connectivity index (χ1) is 18.6. The van der Waals surface area contributed by atoms with Gasteiger partial charge in [0.25, 0.3) is 0 Å². The third kappa shape index (κ3) is 6.83. The predicted octanol–water partition coefficient (Wildman–Crippen LogP) is 5.41. The quantitative estimate of drug-likeness (QED) is 0.371. The highest BCUT2D eigenvalue weighted by Gasteiger charge is 2.39. The van der Waals surface area contributed by atoms with Crippen LogP contribution in [0, 0.1) is 23.7 Å². The zero-order valence-corrected chi connectivity index (χ0v) is 22.1. The molecule has 2 unspecified atom stereocenters. The lowest BCUT2D eigenvalue weighted by Gasteiger charge is -2.21. The molecule has 3 aromatic rings. The number of hydrogen-bond donors (Lipinski definition) is 1. The Morgan fingerprint density at radius 1 is 0.868 bits per heavy atom. The fourth-order valence-electron chi connectivity index (χ4n) is 5.93. The summed E-state index contributed by atoms with van der Waals surface area (Å²) in [5.41, 5.74) is 4.79. The van der Waals surface area contributed by atoms with Crippen molar-refractivity contribution in [3.05, 3.63) is 101 Å². The lowest BCUT2D eigenvalue weighted by Crippen LogP contribution is -2.28. The van der Waals surface area contributed by atoms with Crippen molar-refractivity contribution in [2.24, 2.45) is 11.8 Å². The summed E-state index contributed by atoms with van der Waals surface area (Å²) < 4.78 is 6.04. The van der Waals surface area contributed by atoms with Crippen LogP contribution in [0.4, 0.5) is 0 Å². The summed E-state index contributed by atoms with van der Waals surface area (Å²) in [4.78, 5) is 16.4. The number of fused-ring (bicyclic) bond motifs is 1. The Morgan fingerprint density at radius 3 is 2.11 bits per heavy atom. The molecule has 38 heavy (non-hydrogen) atoms. The molecule has 2 heterocycles. The summed E-state index contributed by atoms with van der Waals surface area (Å²) in [7, 11) is 0. The van der Waals surface area contributed by atoms with Gasteiger partial charge in [0, 0.05) is 39.3 Å². The molecule has 3 aromatic carbocycles. The van der Waals surface area contributed by atoms with E-state index in [0.717, 1.165) is 41.8 Å². The maximum Gasteiger partial charge on any atom is 0.304 e. The molecule has 0 aromatic heterocycles. The van der Waals surface area contributed by atoms with E-state index in [1.165, 1.54) is 37.3 Å². The van der Waals surface area contributed by atoms with Gasteiger partial charge in [-0.05, 0) is 53.1 Å². The third-order valence-electron chi connectivity index (χ3n) is 7.67. The fourth-order valence-corrected chi connectivity index (χ4v) is 5.93. The second-order valence-corrected chi connectivity index (χ2v) is 10.6. The molecule has 3 atom stereocenters. The molecule has 5 nitrogen and oxygen atoms in total. The first-order valence-electron chi connectivity index (χ1n) is 13.5. The van der Waals surface area contributed by atoms with E-state index in [4.69, 9.17) is 9.84 Å². The number of likely N-dealkylation sites (tertiary alicyclic amines) is 2. The van der Waals surface area contributed by atoms with Gasteiger partial charge in [-0.3, -0.25) is 14.6 Å². The molecular formula is C33H36N2O3. The van der Waals surface area contributed by atoms with Crippen molar-refractivity contribution < 1.29 is 14.6 Å². The predicted molar refractivity (Wildman–Crippen MR) is 150 cm³/mol. The van der Waals surface area contributed by atoms with E-state index in [-0.39, 0.29) is 12.3 Å². The van der Waals surface area contributed by atoms with Gasteiger partial charge in [0.1, 0.15) is 12.4 Å². The van der Waals surface area contributed by atoms with Gasteiger partial charge < -0.3 is 9.84 Å². The van der Waals surface area contributed by atoms with Crippen molar-refractivity contribution in [2.75, 3.05) is 26.2 Å². The first-order valence-corrected chi connectivity index (χ1v) is 13.5. The fraction of sp³-hybridized carbons (Fsp3) is 0.364. The summed E-state index contributed by atoms with van der Waals surface area (Å²) in [5.74, 6) is 6.98. The van der Waals surface area contributed by atoms with Crippen LogP contribution in [0.3, 0.4) is 0 Å². The van der Waals surface area contributed by atoms with Gasteiger partial charge in [-0.25, -0.2) is 0 Å². The maximum absolute atomic E-state index is 11.1. The van der Waals surface area contributed by atoms with Crippen LogP contribution in [0.5, 0.6) is 5.75 Å². The first kappa shape index (κ1) is 26.0. The number of nitrogens with zero attached hydrogens (tertiary/aromatic N) is 2. The Bertz CT molecular complexity index is 1260. The molecule has 5 rings (SSSR count). The highest BCUT2D eigenvalue weighted by atomic mass is 16.5. The largest absolute Gasteiger partial charge is 0.489 e. The Hall–Kier alpha value is -3.59. The zero-order valence-electron chi connectivity index (χ0n) is 22.1. The molecule has 2 aliphatic heterocycles. The minimum absolute atomic E-state index is 0.00170. The van der Waals surface area contributed by atoms with E-state index in [0.29, 0.717) is 6.61 Å². The molecule has 0 amide bonds. The summed E-state index contributed by atoms with van der Waals surface area (Å²) in [5, 5.41) is 9.15. The zero-order chi connectivity index (χ0) is 26.3. The number of carbonyl (C=O) groups is 1. The molecule has 1 N–H and O–H groups in total. The van der Waals surface area contributed by atoms with Crippen molar-refractivity contribution in [2.45, 2.75) is 39.0 Å². The lowest BCUT2D eigenvalue weighted by atomic mass is 9.96. The van der Waals surface area contributed by atoms with E-state index in [9.17, 15) is 4.79 Å². The molecule has 2 fully saturated rings. The molecule has 5 heteroatoms. The number of aliphatic carboxylic acids is 1. The normalized spacial score (nSPS) is 19.9. The van der Waals surface area contributed by atoms with Crippen molar-refractivity contribution in [3.63, 3.8) is 0 Å². The van der Waals surface area contributed by atoms with Crippen LogP contribution in [0.25, 0.3) is 0 Å². The summed E-state index contributed by atoms with van der Waals surface area (Å²) in [6.45, 7) is 9.03. The highest BCUT2D eigenvalue weighted by molar-refractivity contribution is 5.69. The molecular weight excluding hydrogens is 472 g/mol. The topological polar surface area (TPSA) is 53.0 Å². The average Bonchev–Trinajstić information content (AvgIpc) is 3.46. The number of rotatable bonds is 10. The smallest absolute Gasteiger partial charge is 0.304 e. The van der Waals surface area contributed by atoms with Crippen LogP contribution in [-0.4, -0.2) is 47.1 Å². The van der Waals surface area contributed by atoms with Gasteiger partial charge in [-0.1, -0.05) is 72.7 Å². The van der Waals surface area contributed by atoms with E-state index >= 15 is 0 Å². The minimum Gasteiger partial charge on any atom is -0.489 e. The van der Waals surface area contributed by atoms with Crippen LogP contribution in [0.2, 0.25) is 0 Å². The van der Waals surface area contributed by atoms with Crippen LogP contribution >= 0.6 is 0 Å². The maximum atomic E-state index is 11.1. The standard InChI is InChI=1S/C33H36N2O3/c1-2-7-29(17-33(36)37)28-12-14-32(15-13-28)38-24-27-11-6-10-26(16-27)19-35-22-30-20-34(21-31(30)23-35)18-25-8-4-3-5-9-25/h3-6,8-16,29-31H,17-24H2,1H3,(H,36,37)/t29-,30?,31?/m0/s1. The molecule has 196 valence electrons. The van der Waals surface area contributed by atoms with Crippen molar-refractivity contribution >= 4 is 5.97 Å². The number of ether oxygens (including phenoxy) is 1. The van der Waals surface area contributed by atoms with Gasteiger partial charge in [-0.2, -0.15) is 0 Å². The van der Waals surface area contributed by atoms with Crippen molar-refractivity contribution in [1.29, 1.82) is 0 Å². The average molecular weight is 509 g/mol. The van der Waals surface area contributed by atoms with Crippen LogP contribution in [-0.2, 0) is 24.5 Å². The van der Waals surface area contributed by atoms with Crippen LogP contribution < -0.4 is 4.74 Å². The van der Waals surface area contributed by atoms with E-state index in [1.54, 1.807) is 6.92 Å². The SMILES string of the molecule is CC#C[C@@H](CC(=O)O)c1ccc(OCc2cccc(CN3CC4CN(Cc5ccccc5)CC4C3)c2)cc1. The second-order valence-electron chi connectivity index (χ2n) is 10.6. The number of benzene rings is 3. The Labute approximate surface area is 226 Å². The molecule has 0 radical (unpaired) electrons. The Kier molecular flexibility index (Phi) is 8.43. The van der Waals surface area contributed by atoms with Gasteiger partial charge >= 0.3 is 5.97 Å². The van der Waals surface area contributed by atoms with Gasteiger partial charge in [-0.15, -0.1) is 5.92 Å². The van der Waals surface area contributed by atoms with Crippen LogP contribution in [0.15, 0.2) is 78.9 Å². The molecule has 2 saturated heterocycles. The Morgan fingerprint density at radius 2 is 1.47 bits per heavy atom. The van der Waals surface area contributed by atoms with Crippen LogP contribution in [0.1, 0.15) is 41.5 Å². The number of carboxylic acid groups (broad SMARTS) is 1. The lowest BCUT2D eigenvalue weighted by molar-refractivity contribution is -0.137. The second kappa shape index (κ2) is 12.3. The van der Waals surface area contributed by atoms with Gasteiger partial charge in [0.2, 0.25) is 0 Å². The molecule has 0 bridgehead atoms. The van der Waals surface area contributed by atoms with Gasteiger partial charge in [0.05, 0.1) is 12.3 Å². The summed E-state index contributed by atoms with van der Waals surface area (Å²) >= 11 is 0. The minimum atomic E-state index is -0.847. The molecule has 0 spiro atoms. The summed E-state index contributed by atoms with van der Waals surface area (Å²) in [6.07, 6.45) is -0.00170. The summed E-state index contributed by atoms with van der Waals surface area (Å²) in [6, 6.07) is 27.1. The molecule has 0 saturated carbocycles. The number of hydrogen-bond acceptors (Lipinski definition) is 4. The van der Waals surface area contributed by atoms with E-state index in [1.807, 2.05) is 24.3 Å². The number of carboxylic acids is 1. The Balaban J connectivity index is 1.10. The molecule has 0 aliphatic carbocycles. The van der Waals surface area contributed by atoms with E-state index in [2.05, 4.69) is 76.2 Å². The highest BCUT2D eigenvalue weighted by Crippen LogP contribution is 2.33. The van der Waals surface area contributed by atoms with Gasteiger partial charge in [0.15, 0.2) is 0 Å². The monoisotopic (exact) mass is 508 g/mol.